The molecular formula is C13H25N5. The molecule has 1 rings (SSSR count). The summed E-state index contributed by atoms with van der Waals surface area (Å²) < 4.78 is 0. The van der Waals surface area contributed by atoms with Crippen LogP contribution in [-0.2, 0) is 0 Å². The van der Waals surface area contributed by atoms with Gasteiger partial charge in [0.05, 0.1) is 0 Å². The van der Waals surface area contributed by atoms with Crippen LogP contribution in [0.2, 0.25) is 0 Å². The molecule has 0 saturated carbocycles. The largest absolute Gasteiger partial charge is 0.370 e. The number of hydrogen-bond acceptors (Lipinski definition) is 5. The molecular weight excluding hydrogens is 226 g/mol. The molecule has 0 amide bonds. The standard InChI is InChI=1S/C13H25N5/c1-5-6-7-15-11-8-12(18-10(2)17-11)16-9-13(3,4)14/h8H,5-7,9,14H2,1-4H3,(H2,15,16,17,18). The SMILES string of the molecule is CCCCNc1cc(NCC(C)(C)N)nc(C)n1. The van der Waals surface area contributed by atoms with Crippen LogP contribution in [0.15, 0.2) is 6.07 Å². The summed E-state index contributed by atoms with van der Waals surface area (Å²) in [6.07, 6.45) is 2.31. The van der Waals surface area contributed by atoms with Crippen LogP contribution in [0, 0.1) is 6.92 Å². The molecule has 0 aromatic carbocycles. The summed E-state index contributed by atoms with van der Waals surface area (Å²) in [5.41, 5.74) is 5.68. The lowest BCUT2D eigenvalue weighted by molar-refractivity contribution is 0.548. The van der Waals surface area contributed by atoms with Crippen LogP contribution in [0.5, 0.6) is 0 Å². The van der Waals surface area contributed by atoms with Crippen molar-refractivity contribution in [1.29, 1.82) is 0 Å². The van der Waals surface area contributed by atoms with Crippen molar-refractivity contribution >= 4 is 11.6 Å². The van der Waals surface area contributed by atoms with Crippen molar-refractivity contribution in [2.45, 2.75) is 46.1 Å². The van der Waals surface area contributed by atoms with Gasteiger partial charge in [0.1, 0.15) is 17.5 Å². The number of rotatable bonds is 7. The molecule has 0 spiro atoms. The second-order valence-corrected chi connectivity index (χ2v) is 5.31. The van der Waals surface area contributed by atoms with Crippen LogP contribution < -0.4 is 16.4 Å². The average molecular weight is 251 g/mol. The third kappa shape index (κ3) is 5.82. The minimum atomic E-state index is -0.255. The van der Waals surface area contributed by atoms with Crippen molar-refractivity contribution in [3.63, 3.8) is 0 Å². The number of nitrogens with one attached hydrogen (secondary N) is 2. The molecule has 0 aliphatic carbocycles. The van der Waals surface area contributed by atoms with E-state index in [9.17, 15) is 0 Å². The summed E-state index contributed by atoms with van der Waals surface area (Å²) in [6, 6.07) is 1.92. The smallest absolute Gasteiger partial charge is 0.131 e. The van der Waals surface area contributed by atoms with Gasteiger partial charge in [-0.2, -0.15) is 0 Å². The summed E-state index contributed by atoms with van der Waals surface area (Å²) in [5.74, 6) is 2.45. The Kier molecular flexibility index (Phi) is 5.34. The topological polar surface area (TPSA) is 75.9 Å². The van der Waals surface area contributed by atoms with Crippen LogP contribution in [0.4, 0.5) is 11.6 Å². The second-order valence-electron chi connectivity index (χ2n) is 5.31. The molecule has 0 saturated heterocycles. The zero-order valence-corrected chi connectivity index (χ0v) is 11.9. The number of hydrogen-bond donors (Lipinski definition) is 3. The monoisotopic (exact) mass is 251 g/mol. The van der Waals surface area contributed by atoms with Gasteiger partial charge in [0, 0.05) is 24.7 Å². The van der Waals surface area contributed by atoms with Crippen LogP contribution >= 0.6 is 0 Å². The molecule has 1 heterocycles. The molecule has 4 N–H and O–H groups in total. The Labute approximate surface area is 110 Å². The molecule has 18 heavy (non-hydrogen) atoms. The van der Waals surface area contributed by atoms with E-state index in [2.05, 4.69) is 27.5 Å². The quantitative estimate of drug-likeness (QED) is 0.647. The van der Waals surface area contributed by atoms with Crippen LogP contribution in [0.25, 0.3) is 0 Å². The Bertz CT molecular complexity index is 370. The number of unbranched alkanes of at least 4 members (excludes halogenated alkanes) is 1. The van der Waals surface area contributed by atoms with Gasteiger partial charge >= 0.3 is 0 Å². The van der Waals surface area contributed by atoms with E-state index in [0.29, 0.717) is 6.54 Å². The highest BCUT2D eigenvalue weighted by molar-refractivity contribution is 5.47. The first-order valence-corrected chi connectivity index (χ1v) is 6.53. The summed E-state index contributed by atoms with van der Waals surface area (Å²) in [7, 11) is 0. The zero-order valence-electron chi connectivity index (χ0n) is 11.9. The van der Waals surface area contributed by atoms with Gasteiger partial charge in [0.25, 0.3) is 0 Å². The van der Waals surface area contributed by atoms with Crippen molar-refractivity contribution in [3.8, 4) is 0 Å². The van der Waals surface area contributed by atoms with Gasteiger partial charge in [-0.1, -0.05) is 13.3 Å². The molecule has 1 aromatic heterocycles. The minimum absolute atomic E-state index is 0.255. The lowest BCUT2D eigenvalue weighted by atomic mass is 10.1. The number of anilines is 2. The highest BCUT2D eigenvalue weighted by Gasteiger charge is 2.10. The van der Waals surface area contributed by atoms with Gasteiger partial charge in [0.2, 0.25) is 0 Å². The highest BCUT2D eigenvalue weighted by Crippen LogP contribution is 2.12. The molecule has 0 aliphatic heterocycles. The lowest BCUT2D eigenvalue weighted by Crippen LogP contribution is -2.39. The Balaban J connectivity index is 2.62. The predicted molar refractivity (Wildman–Crippen MR) is 76.9 cm³/mol. The maximum absolute atomic E-state index is 5.94. The summed E-state index contributed by atoms with van der Waals surface area (Å²) in [4.78, 5) is 8.70. The van der Waals surface area contributed by atoms with Gasteiger partial charge in [-0.3, -0.25) is 0 Å². The number of nitrogens with two attached hydrogens (primary N) is 1. The average Bonchev–Trinajstić information content (AvgIpc) is 2.25. The van der Waals surface area contributed by atoms with Gasteiger partial charge in [-0.15, -0.1) is 0 Å². The van der Waals surface area contributed by atoms with Crippen LogP contribution in [0.3, 0.4) is 0 Å². The van der Waals surface area contributed by atoms with Gasteiger partial charge < -0.3 is 16.4 Å². The van der Waals surface area contributed by atoms with E-state index in [1.165, 1.54) is 6.42 Å². The normalized spacial score (nSPS) is 11.4. The van der Waals surface area contributed by atoms with Gasteiger partial charge in [0.15, 0.2) is 0 Å². The first kappa shape index (κ1) is 14.7. The zero-order chi connectivity index (χ0) is 13.6. The third-order valence-corrected chi connectivity index (χ3v) is 2.40. The van der Waals surface area contributed by atoms with Crippen LogP contribution in [0.1, 0.15) is 39.4 Å². The predicted octanol–water partition coefficient (Wildman–Crippen LogP) is 2.15. The van der Waals surface area contributed by atoms with E-state index in [1.54, 1.807) is 0 Å². The molecule has 5 heteroatoms. The molecule has 0 radical (unpaired) electrons. The molecule has 0 unspecified atom stereocenters. The number of nitrogens with zero attached hydrogens (tertiary/aromatic N) is 2. The molecule has 5 nitrogen and oxygen atoms in total. The van der Waals surface area contributed by atoms with E-state index < -0.39 is 0 Å². The Morgan fingerprint density at radius 2 is 1.83 bits per heavy atom. The lowest BCUT2D eigenvalue weighted by Gasteiger charge is -2.19. The van der Waals surface area contributed by atoms with E-state index in [4.69, 9.17) is 5.73 Å². The molecule has 1 aromatic rings. The van der Waals surface area contributed by atoms with Crippen LogP contribution in [-0.4, -0.2) is 28.6 Å². The summed E-state index contributed by atoms with van der Waals surface area (Å²) >= 11 is 0. The molecule has 102 valence electrons. The maximum atomic E-state index is 5.94. The van der Waals surface area contributed by atoms with Crippen molar-refractivity contribution < 1.29 is 0 Å². The van der Waals surface area contributed by atoms with Gasteiger partial charge in [-0.05, 0) is 27.2 Å². The van der Waals surface area contributed by atoms with E-state index in [-0.39, 0.29) is 5.54 Å². The minimum Gasteiger partial charge on any atom is -0.370 e. The second kappa shape index (κ2) is 6.54. The summed E-state index contributed by atoms with van der Waals surface area (Å²) in [6.45, 7) is 9.64. The Morgan fingerprint density at radius 3 is 2.39 bits per heavy atom. The molecule has 0 atom stereocenters. The van der Waals surface area contributed by atoms with E-state index in [1.807, 2.05) is 26.8 Å². The Morgan fingerprint density at radius 1 is 1.22 bits per heavy atom. The van der Waals surface area contributed by atoms with Gasteiger partial charge in [-0.25, -0.2) is 9.97 Å². The third-order valence-electron chi connectivity index (χ3n) is 2.40. The van der Waals surface area contributed by atoms with Crippen molar-refractivity contribution in [2.75, 3.05) is 23.7 Å². The van der Waals surface area contributed by atoms with Crippen molar-refractivity contribution in [3.05, 3.63) is 11.9 Å². The van der Waals surface area contributed by atoms with E-state index >= 15 is 0 Å². The first-order valence-electron chi connectivity index (χ1n) is 6.53. The number of aromatic nitrogens is 2. The Hall–Kier alpha value is -1.36. The number of aryl methyl sites for hydroxylation is 1. The fourth-order valence-electron chi connectivity index (χ4n) is 1.46. The fraction of sp³-hybridized carbons (Fsp3) is 0.692. The van der Waals surface area contributed by atoms with Crippen molar-refractivity contribution in [1.82, 2.24) is 9.97 Å². The molecule has 0 bridgehead atoms. The maximum Gasteiger partial charge on any atom is 0.131 e. The first-order chi connectivity index (χ1) is 8.40. The molecule has 0 fully saturated rings. The molecule has 0 aliphatic rings. The highest BCUT2D eigenvalue weighted by atomic mass is 15.1. The fourth-order valence-corrected chi connectivity index (χ4v) is 1.46. The van der Waals surface area contributed by atoms with E-state index in [0.717, 1.165) is 30.4 Å². The summed E-state index contributed by atoms with van der Waals surface area (Å²) in [5, 5.41) is 6.54. The van der Waals surface area contributed by atoms with Crippen molar-refractivity contribution in [2.24, 2.45) is 5.73 Å².